The van der Waals surface area contributed by atoms with Crippen LogP contribution in [0.2, 0.25) is 0 Å². The Labute approximate surface area is 150 Å². The highest BCUT2D eigenvalue weighted by Crippen LogP contribution is 2.55. The van der Waals surface area contributed by atoms with Crippen LogP contribution in [0.15, 0.2) is 23.7 Å². The van der Waals surface area contributed by atoms with Gasteiger partial charge in [0.25, 0.3) is 0 Å². The Morgan fingerprint density at radius 1 is 0.433 bits per heavy atom. The zero-order valence-electron chi connectivity index (χ0n) is 12.7. The summed E-state index contributed by atoms with van der Waals surface area (Å²) in [6.07, 6.45) is -24.3. The van der Waals surface area contributed by atoms with Crippen LogP contribution in [-0.2, 0) is 4.74 Å². The van der Waals surface area contributed by atoms with Gasteiger partial charge in [-0.1, -0.05) is 0 Å². The maximum absolute atomic E-state index is 13.1. The van der Waals surface area contributed by atoms with E-state index in [9.17, 15) is 79.0 Å². The zero-order valence-corrected chi connectivity index (χ0v) is 12.7. The molecule has 0 spiro atoms. The fourth-order valence-corrected chi connectivity index (χ4v) is 1.19. The second-order valence-corrected chi connectivity index (χ2v) is 4.57. The normalized spacial score (nSPS) is 14.1. The van der Waals surface area contributed by atoms with Gasteiger partial charge in [-0.3, -0.25) is 0 Å². The molecule has 0 aromatic rings. The second-order valence-electron chi connectivity index (χ2n) is 4.57. The zero-order chi connectivity index (χ0) is 24.0. The third-order valence-corrected chi connectivity index (χ3v) is 2.62. The minimum absolute atomic E-state index is 0. The summed E-state index contributed by atoms with van der Waals surface area (Å²) in [5.41, 5.74) is 0. The third-order valence-electron chi connectivity index (χ3n) is 2.62. The van der Waals surface area contributed by atoms with Crippen LogP contribution >= 0.6 is 0 Å². The second kappa shape index (κ2) is 8.25. The number of hydrogen-bond donors (Lipinski definition) is 0. The molecule has 0 aliphatic carbocycles. The van der Waals surface area contributed by atoms with E-state index in [4.69, 9.17) is 0 Å². The van der Waals surface area contributed by atoms with Crippen LogP contribution in [0.1, 0.15) is 0 Å². The van der Waals surface area contributed by atoms with E-state index >= 15 is 0 Å². The van der Waals surface area contributed by atoms with Gasteiger partial charge in [0.15, 0.2) is 0 Å². The topological polar surface area (TPSA) is 40.7 Å². The molecular formula is C10H2F18O2. The Balaban J connectivity index is 0. The molecule has 0 aromatic heterocycles. The van der Waals surface area contributed by atoms with Crippen molar-refractivity contribution in [3.05, 3.63) is 23.7 Å². The molecule has 0 saturated heterocycles. The van der Waals surface area contributed by atoms with Crippen LogP contribution in [0.25, 0.3) is 0 Å². The molecule has 0 aliphatic heterocycles. The van der Waals surface area contributed by atoms with Crippen molar-refractivity contribution in [3.63, 3.8) is 0 Å². The van der Waals surface area contributed by atoms with Crippen LogP contribution in [0.4, 0.5) is 79.0 Å². The summed E-state index contributed by atoms with van der Waals surface area (Å²) in [6.45, 7) is 0. The average Bonchev–Trinajstić information content (AvgIpc) is 2.43. The molecule has 0 amide bonds. The van der Waals surface area contributed by atoms with Crippen LogP contribution < -0.4 is 0 Å². The monoisotopic (exact) mass is 496 g/mol. The fraction of sp³-hybridized carbons (Fsp3) is 0.600. The van der Waals surface area contributed by atoms with E-state index in [1.165, 1.54) is 0 Å². The lowest BCUT2D eigenvalue weighted by Gasteiger charge is -2.32. The first-order valence-electron chi connectivity index (χ1n) is 5.81. The molecule has 0 aromatic carbocycles. The first-order chi connectivity index (χ1) is 12.4. The van der Waals surface area contributed by atoms with Gasteiger partial charge in [-0.05, 0) is 0 Å². The number of alkyl halides is 14. The Hall–Kier alpha value is -2.02. The van der Waals surface area contributed by atoms with Gasteiger partial charge < -0.3 is 10.2 Å². The first kappa shape index (κ1) is 30.2. The van der Waals surface area contributed by atoms with E-state index in [2.05, 4.69) is 4.74 Å². The Kier molecular flexibility index (Phi) is 8.30. The van der Waals surface area contributed by atoms with E-state index in [0.29, 0.717) is 0 Å². The summed E-state index contributed by atoms with van der Waals surface area (Å²) in [7, 11) is 0. The minimum atomic E-state index is -7.67. The number of allylic oxidation sites excluding steroid dienone is 2. The highest BCUT2D eigenvalue weighted by atomic mass is 19.4. The van der Waals surface area contributed by atoms with Gasteiger partial charge in [0.2, 0.25) is 11.5 Å². The van der Waals surface area contributed by atoms with Gasteiger partial charge in [0, 0.05) is 0 Å². The third kappa shape index (κ3) is 4.82. The van der Waals surface area contributed by atoms with Crippen molar-refractivity contribution in [2.75, 3.05) is 0 Å². The van der Waals surface area contributed by atoms with Crippen molar-refractivity contribution in [3.8, 4) is 0 Å². The highest BCUT2D eigenvalue weighted by molar-refractivity contribution is 5.21. The molecule has 0 bridgehead atoms. The van der Waals surface area contributed by atoms with Gasteiger partial charge in [0.1, 0.15) is 0 Å². The molecule has 0 heterocycles. The Morgan fingerprint density at radius 3 is 0.767 bits per heavy atom. The van der Waals surface area contributed by atoms with Gasteiger partial charge >= 0.3 is 48.2 Å². The fourth-order valence-electron chi connectivity index (χ4n) is 1.19. The molecule has 2 N–H and O–H groups in total. The van der Waals surface area contributed by atoms with E-state index in [-0.39, 0.29) is 5.48 Å². The predicted molar refractivity (Wildman–Crippen MR) is 55.1 cm³/mol. The summed E-state index contributed by atoms with van der Waals surface area (Å²) in [5, 5.41) is 0. The number of halogens is 18. The molecule has 0 rings (SSSR count). The summed E-state index contributed by atoms with van der Waals surface area (Å²) < 4.78 is 226. The molecule has 0 fully saturated rings. The van der Waals surface area contributed by atoms with Crippen LogP contribution in [-0.4, -0.2) is 41.5 Å². The van der Waals surface area contributed by atoms with E-state index < -0.39 is 59.7 Å². The van der Waals surface area contributed by atoms with Crippen molar-refractivity contribution < 1.29 is 89.2 Å². The van der Waals surface area contributed by atoms with Crippen molar-refractivity contribution in [1.82, 2.24) is 0 Å². The molecular weight excluding hydrogens is 494 g/mol. The van der Waals surface area contributed by atoms with Gasteiger partial charge in [-0.2, -0.15) is 79.0 Å². The Bertz CT molecular complexity index is 614. The summed E-state index contributed by atoms with van der Waals surface area (Å²) in [6, 6.07) is 0. The minimum Gasteiger partial charge on any atom is -0.442 e. The molecule has 0 radical (unpaired) electrons. The number of rotatable bonds is 6. The number of hydrogen-bond acceptors (Lipinski definition) is 1. The smallest absolute Gasteiger partial charge is 0.442 e. The van der Waals surface area contributed by atoms with Gasteiger partial charge in [-0.25, -0.2) is 0 Å². The van der Waals surface area contributed by atoms with Crippen LogP contribution in [0, 0.1) is 0 Å². The molecule has 180 valence electrons. The molecule has 0 unspecified atom stereocenters. The van der Waals surface area contributed by atoms with E-state index in [1.54, 1.807) is 0 Å². The van der Waals surface area contributed by atoms with Crippen LogP contribution in [0.5, 0.6) is 0 Å². The largest absolute Gasteiger partial charge is 0.460 e. The molecule has 0 aliphatic rings. The lowest BCUT2D eigenvalue weighted by molar-refractivity contribution is -0.358. The molecule has 0 saturated carbocycles. The van der Waals surface area contributed by atoms with Crippen molar-refractivity contribution in [2.24, 2.45) is 0 Å². The van der Waals surface area contributed by atoms with E-state index in [1.807, 2.05) is 0 Å². The molecule has 30 heavy (non-hydrogen) atoms. The summed E-state index contributed by atoms with van der Waals surface area (Å²) in [4.78, 5) is 0. The number of ether oxygens (including phenoxy) is 1. The SMILES string of the molecule is FC(F)=C(OC(=C(F)F)C(F)(F)C(F)(F)C(F)(F)F)C(F)(F)C(F)(F)C(F)(F)F.O. The first-order valence-corrected chi connectivity index (χ1v) is 5.81. The Morgan fingerprint density at radius 2 is 0.633 bits per heavy atom. The highest BCUT2D eigenvalue weighted by Gasteiger charge is 2.79. The van der Waals surface area contributed by atoms with Crippen LogP contribution in [0.3, 0.4) is 0 Å². The molecule has 0 atom stereocenters. The predicted octanol–water partition coefficient (Wildman–Crippen LogP) is 6.06. The summed E-state index contributed by atoms with van der Waals surface area (Å²) in [5.74, 6) is -39.7. The quantitative estimate of drug-likeness (QED) is 0.326. The molecule has 20 heteroatoms. The van der Waals surface area contributed by atoms with Crippen molar-refractivity contribution in [2.45, 2.75) is 36.0 Å². The van der Waals surface area contributed by atoms with Gasteiger partial charge in [-0.15, -0.1) is 0 Å². The van der Waals surface area contributed by atoms with Crippen molar-refractivity contribution >= 4 is 0 Å². The lowest BCUT2D eigenvalue weighted by atomic mass is 10.1. The lowest BCUT2D eigenvalue weighted by Crippen LogP contribution is -2.55. The standard InChI is InChI=1S/C10F18O.H2O/c11-3(12)1(5(15,16)7(19,20)9(23,24)25)29-2(4(13)14)6(17,18)8(21,22)10(26,27)28;/h;1H2. The van der Waals surface area contributed by atoms with Gasteiger partial charge in [0.05, 0.1) is 0 Å². The molecule has 2 nitrogen and oxygen atoms in total. The maximum atomic E-state index is 13.1. The summed E-state index contributed by atoms with van der Waals surface area (Å²) >= 11 is 0. The average molecular weight is 496 g/mol. The van der Waals surface area contributed by atoms with Crippen molar-refractivity contribution in [1.29, 1.82) is 0 Å². The maximum Gasteiger partial charge on any atom is 0.460 e. The van der Waals surface area contributed by atoms with E-state index in [0.717, 1.165) is 0 Å².